The Labute approximate surface area is 196 Å². The number of Topliss-reactive ketones (excluding diaryl/α,β-unsaturated/α-hetero) is 1. The molecule has 1 fully saturated rings. The largest absolute Gasteiger partial charge is 0.380 e. The molecule has 11 heteroatoms. The van der Waals surface area contributed by atoms with Crippen LogP contribution in [-0.4, -0.2) is 44.6 Å². The van der Waals surface area contributed by atoms with E-state index in [9.17, 15) is 32.3 Å². The molecular formula is C24H19F4N3O4. The van der Waals surface area contributed by atoms with Crippen molar-refractivity contribution in [1.29, 1.82) is 0 Å². The minimum atomic E-state index is -2.24. The van der Waals surface area contributed by atoms with Gasteiger partial charge in [0.15, 0.2) is 6.17 Å². The fourth-order valence-electron chi connectivity index (χ4n) is 3.68. The number of halogens is 4. The molecule has 0 saturated carbocycles. The second-order valence-electron chi connectivity index (χ2n) is 8.15. The molecule has 7 nitrogen and oxygen atoms in total. The number of nitrogens with one attached hydrogen (secondary N) is 1. The van der Waals surface area contributed by atoms with Gasteiger partial charge in [-0.1, -0.05) is 6.07 Å². The molecule has 1 aliphatic heterocycles. The fourth-order valence-corrected chi connectivity index (χ4v) is 3.68. The van der Waals surface area contributed by atoms with Gasteiger partial charge in [-0.3, -0.25) is 14.6 Å². The zero-order valence-corrected chi connectivity index (χ0v) is 18.4. The number of pyridine rings is 2. The van der Waals surface area contributed by atoms with E-state index < -0.39 is 70.1 Å². The van der Waals surface area contributed by atoms with Crippen molar-refractivity contribution in [1.82, 2.24) is 9.97 Å². The molecule has 182 valence electrons. The summed E-state index contributed by atoms with van der Waals surface area (Å²) >= 11 is 0. The lowest BCUT2D eigenvalue weighted by Gasteiger charge is -2.40. The Kier molecular flexibility index (Phi) is 6.39. The number of hydrogen-bond donors (Lipinski definition) is 2. The van der Waals surface area contributed by atoms with E-state index in [1.54, 1.807) is 0 Å². The zero-order chi connectivity index (χ0) is 25.5. The SMILES string of the molecule is C[C@H]1O[C@@H](c2ccncc2NC(=O)c2ccc(F)c(-c3c(F)cccc3F)n2)[C@H](F)C(=O)[C@]1(C)O. The lowest BCUT2D eigenvalue weighted by molar-refractivity contribution is -0.194. The second kappa shape index (κ2) is 9.16. The number of ether oxygens (including phenoxy) is 1. The molecular weight excluding hydrogens is 470 g/mol. The number of alkyl halides is 1. The molecule has 0 radical (unpaired) electrons. The molecule has 2 N–H and O–H groups in total. The molecule has 0 bridgehead atoms. The summed E-state index contributed by atoms with van der Waals surface area (Å²) in [6.45, 7) is 2.55. The molecule has 0 unspecified atom stereocenters. The first-order valence-electron chi connectivity index (χ1n) is 10.4. The van der Waals surface area contributed by atoms with E-state index in [4.69, 9.17) is 4.74 Å². The Hall–Kier alpha value is -3.70. The highest BCUT2D eigenvalue weighted by Gasteiger charge is 2.51. The third kappa shape index (κ3) is 4.40. The molecule has 4 rings (SSSR count). The summed E-state index contributed by atoms with van der Waals surface area (Å²) in [6.07, 6.45) is -2.29. The van der Waals surface area contributed by atoms with Crippen LogP contribution in [0.3, 0.4) is 0 Å². The van der Waals surface area contributed by atoms with E-state index in [1.807, 2.05) is 0 Å². The second-order valence-corrected chi connectivity index (χ2v) is 8.15. The Morgan fingerprint density at radius 2 is 1.80 bits per heavy atom. The highest BCUT2D eigenvalue weighted by Crippen LogP contribution is 2.39. The quantitative estimate of drug-likeness (QED) is 0.539. The predicted molar refractivity (Wildman–Crippen MR) is 116 cm³/mol. The molecule has 1 saturated heterocycles. The van der Waals surface area contributed by atoms with Crippen LogP contribution < -0.4 is 5.32 Å². The first-order chi connectivity index (χ1) is 16.5. The summed E-state index contributed by atoms with van der Waals surface area (Å²) in [4.78, 5) is 32.9. The molecule has 1 aromatic carbocycles. The number of aliphatic hydroxyl groups is 1. The van der Waals surface area contributed by atoms with Crippen LogP contribution >= 0.6 is 0 Å². The normalized spacial score (nSPS) is 24.3. The molecule has 3 heterocycles. The zero-order valence-electron chi connectivity index (χ0n) is 18.4. The number of ketones is 1. The highest BCUT2D eigenvalue weighted by molar-refractivity contribution is 6.03. The van der Waals surface area contributed by atoms with E-state index in [1.165, 1.54) is 25.4 Å². The Morgan fingerprint density at radius 3 is 2.49 bits per heavy atom. The molecule has 0 aliphatic carbocycles. The van der Waals surface area contributed by atoms with Crippen LogP contribution in [0.25, 0.3) is 11.3 Å². The van der Waals surface area contributed by atoms with Crippen molar-refractivity contribution in [2.24, 2.45) is 0 Å². The van der Waals surface area contributed by atoms with Gasteiger partial charge >= 0.3 is 0 Å². The molecule has 4 atom stereocenters. The summed E-state index contributed by atoms with van der Waals surface area (Å²) < 4.78 is 63.1. The summed E-state index contributed by atoms with van der Waals surface area (Å²) in [5.74, 6) is -5.19. The first-order valence-corrected chi connectivity index (χ1v) is 10.4. The van der Waals surface area contributed by atoms with Crippen molar-refractivity contribution in [3.63, 3.8) is 0 Å². The van der Waals surface area contributed by atoms with Crippen LogP contribution in [0.1, 0.15) is 36.0 Å². The number of rotatable bonds is 4. The van der Waals surface area contributed by atoms with Crippen molar-refractivity contribution < 1.29 is 37.0 Å². The maximum Gasteiger partial charge on any atom is 0.274 e. The van der Waals surface area contributed by atoms with Crippen LogP contribution in [0.4, 0.5) is 23.2 Å². The third-order valence-electron chi connectivity index (χ3n) is 5.85. The van der Waals surface area contributed by atoms with Gasteiger partial charge in [-0.2, -0.15) is 0 Å². The van der Waals surface area contributed by atoms with E-state index in [0.717, 1.165) is 37.3 Å². The van der Waals surface area contributed by atoms with Gasteiger partial charge in [0, 0.05) is 11.8 Å². The van der Waals surface area contributed by atoms with Crippen LogP contribution in [-0.2, 0) is 9.53 Å². The van der Waals surface area contributed by atoms with Crippen molar-refractivity contribution in [2.75, 3.05) is 5.32 Å². The minimum Gasteiger partial charge on any atom is -0.380 e. The summed E-state index contributed by atoms with van der Waals surface area (Å²) in [6, 6.07) is 6.10. The molecule has 1 aliphatic rings. The number of hydrogen-bond acceptors (Lipinski definition) is 6. The average Bonchev–Trinajstić information content (AvgIpc) is 2.82. The Balaban J connectivity index is 1.66. The van der Waals surface area contributed by atoms with E-state index >= 15 is 0 Å². The van der Waals surface area contributed by atoms with Gasteiger partial charge in [0.1, 0.15) is 40.5 Å². The van der Waals surface area contributed by atoms with Crippen LogP contribution in [0, 0.1) is 17.5 Å². The van der Waals surface area contributed by atoms with Crippen LogP contribution in [0.2, 0.25) is 0 Å². The van der Waals surface area contributed by atoms with Gasteiger partial charge in [0.2, 0.25) is 5.78 Å². The number of nitrogens with zero attached hydrogens (tertiary/aromatic N) is 2. The summed E-state index contributed by atoms with van der Waals surface area (Å²) in [7, 11) is 0. The van der Waals surface area contributed by atoms with Gasteiger partial charge in [-0.05, 0) is 44.2 Å². The smallest absolute Gasteiger partial charge is 0.274 e. The molecule has 35 heavy (non-hydrogen) atoms. The van der Waals surface area contributed by atoms with E-state index in [2.05, 4.69) is 15.3 Å². The van der Waals surface area contributed by atoms with Crippen molar-refractivity contribution in [3.05, 3.63) is 77.5 Å². The molecule has 2 aromatic heterocycles. The number of benzene rings is 1. The van der Waals surface area contributed by atoms with Crippen molar-refractivity contribution >= 4 is 17.4 Å². The van der Waals surface area contributed by atoms with Gasteiger partial charge in [0.25, 0.3) is 5.91 Å². The van der Waals surface area contributed by atoms with Gasteiger partial charge in [-0.15, -0.1) is 0 Å². The highest BCUT2D eigenvalue weighted by atomic mass is 19.1. The first kappa shape index (κ1) is 24.4. The maximum atomic E-state index is 14.9. The van der Waals surface area contributed by atoms with Gasteiger partial charge in [-0.25, -0.2) is 22.5 Å². The molecule has 1 amide bonds. The van der Waals surface area contributed by atoms with Gasteiger partial charge in [0.05, 0.1) is 23.6 Å². The van der Waals surface area contributed by atoms with Crippen molar-refractivity contribution in [2.45, 2.75) is 37.8 Å². The summed E-state index contributed by atoms with van der Waals surface area (Å²) in [5, 5.41) is 12.6. The maximum absolute atomic E-state index is 14.9. The van der Waals surface area contributed by atoms with Crippen molar-refractivity contribution in [3.8, 4) is 11.3 Å². The lowest BCUT2D eigenvalue weighted by Crippen LogP contribution is -2.57. The predicted octanol–water partition coefficient (Wildman–Crippen LogP) is 3.93. The minimum absolute atomic E-state index is 0.0450. The fraction of sp³-hybridized carbons (Fsp3) is 0.250. The number of amides is 1. The monoisotopic (exact) mass is 489 g/mol. The van der Waals surface area contributed by atoms with Crippen LogP contribution in [0.5, 0.6) is 0 Å². The number of carbonyl (C=O) groups is 2. The number of aromatic nitrogens is 2. The third-order valence-corrected chi connectivity index (χ3v) is 5.85. The lowest BCUT2D eigenvalue weighted by atomic mass is 9.85. The Bertz CT molecular complexity index is 1300. The number of anilines is 1. The standard InChI is InChI=1S/C24H19F4N3O4/c1-11-24(2,34)22(32)19(28)21(35-11)12-8-9-29-10-17(12)31-23(33)16-7-6-15(27)20(30-16)18-13(25)4-3-5-14(18)26/h3-11,19,21,34H,1-2H3,(H,31,33)/t11-,19+,21+,24-/m1/s1. The molecule has 0 spiro atoms. The van der Waals surface area contributed by atoms with Gasteiger partial charge < -0.3 is 15.2 Å². The van der Waals surface area contributed by atoms with E-state index in [0.29, 0.717) is 0 Å². The number of carbonyl (C=O) groups excluding carboxylic acids is 2. The van der Waals surface area contributed by atoms with E-state index in [-0.39, 0.29) is 11.3 Å². The molecule has 3 aromatic rings. The summed E-state index contributed by atoms with van der Waals surface area (Å²) in [5.41, 5.74) is -3.87. The van der Waals surface area contributed by atoms with Crippen LogP contribution in [0.15, 0.2) is 48.8 Å². The average molecular weight is 489 g/mol. The Morgan fingerprint density at radius 1 is 1.11 bits per heavy atom. The topological polar surface area (TPSA) is 101 Å².